The Morgan fingerprint density at radius 1 is 1.11 bits per heavy atom. The Morgan fingerprint density at radius 3 is 2.28 bits per heavy atom. The van der Waals surface area contributed by atoms with E-state index in [0.29, 0.717) is 5.56 Å². The standard InChI is InChI=1S/C11H11N3O3S/c15-8-9-2-4-10(5-3-9)18(16,17)14-11-12-6-1-7-13-11/h1-7,15H,8H2,(H,12,13,14). The minimum atomic E-state index is -3.69. The van der Waals surface area contributed by atoms with Gasteiger partial charge in [-0.1, -0.05) is 12.1 Å². The lowest BCUT2D eigenvalue weighted by Gasteiger charge is -2.06. The largest absolute Gasteiger partial charge is 0.392 e. The second kappa shape index (κ2) is 5.11. The predicted octanol–water partition coefficient (Wildman–Crippen LogP) is 0.770. The Kier molecular flexibility index (Phi) is 3.54. The monoisotopic (exact) mass is 265 g/mol. The van der Waals surface area contributed by atoms with E-state index >= 15 is 0 Å². The zero-order chi connectivity index (χ0) is 13.0. The number of nitrogens with one attached hydrogen (secondary N) is 1. The number of benzene rings is 1. The molecule has 0 radical (unpaired) electrons. The molecule has 0 saturated heterocycles. The van der Waals surface area contributed by atoms with Gasteiger partial charge < -0.3 is 5.11 Å². The number of sulfonamides is 1. The van der Waals surface area contributed by atoms with Gasteiger partial charge in [-0.2, -0.15) is 0 Å². The zero-order valence-corrected chi connectivity index (χ0v) is 10.1. The fourth-order valence-corrected chi connectivity index (χ4v) is 2.26. The number of nitrogens with zero attached hydrogens (tertiary/aromatic N) is 2. The van der Waals surface area contributed by atoms with Crippen LogP contribution in [0.3, 0.4) is 0 Å². The van der Waals surface area contributed by atoms with E-state index in [-0.39, 0.29) is 17.5 Å². The van der Waals surface area contributed by atoms with Gasteiger partial charge in [0.2, 0.25) is 5.95 Å². The van der Waals surface area contributed by atoms with Gasteiger partial charge in [-0.15, -0.1) is 0 Å². The maximum absolute atomic E-state index is 11.9. The highest BCUT2D eigenvalue weighted by atomic mass is 32.2. The van der Waals surface area contributed by atoms with Crippen molar-refractivity contribution >= 4 is 16.0 Å². The molecule has 2 rings (SSSR count). The Labute approximate surface area is 104 Å². The fraction of sp³-hybridized carbons (Fsp3) is 0.0909. The van der Waals surface area contributed by atoms with E-state index in [9.17, 15) is 8.42 Å². The summed E-state index contributed by atoms with van der Waals surface area (Å²) in [6, 6.07) is 7.50. The summed E-state index contributed by atoms with van der Waals surface area (Å²) in [5, 5.41) is 8.88. The van der Waals surface area contributed by atoms with Gasteiger partial charge in [-0.25, -0.2) is 23.1 Å². The number of rotatable bonds is 4. The van der Waals surface area contributed by atoms with Gasteiger partial charge in [0.25, 0.3) is 10.0 Å². The summed E-state index contributed by atoms with van der Waals surface area (Å²) >= 11 is 0. The number of hydrogen-bond donors (Lipinski definition) is 2. The minimum Gasteiger partial charge on any atom is -0.392 e. The molecular formula is C11H11N3O3S. The summed E-state index contributed by atoms with van der Waals surface area (Å²) in [5.41, 5.74) is 0.643. The van der Waals surface area contributed by atoms with Gasteiger partial charge in [0.1, 0.15) is 0 Å². The van der Waals surface area contributed by atoms with Gasteiger partial charge in [0, 0.05) is 12.4 Å². The molecule has 1 heterocycles. The highest BCUT2D eigenvalue weighted by molar-refractivity contribution is 7.92. The van der Waals surface area contributed by atoms with Crippen molar-refractivity contribution in [3.05, 3.63) is 48.3 Å². The number of hydrogen-bond acceptors (Lipinski definition) is 5. The van der Waals surface area contributed by atoms with Crippen molar-refractivity contribution in [2.24, 2.45) is 0 Å². The molecule has 7 heteroatoms. The lowest BCUT2D eigenvalue weighted by molar-refractivity contribution is 0.282. The molecule has 0 bridgehead atoms. The molecule has 1 aromatic heterocycles. The fourth-order valence-electron chi connectivity index (χ4n) is 1.30. The van der Waals surface area contributed by atoms with Crippen molar-refractivity contribution in [3.63, 3.8) is 0 Å². The van der Waals surface area contributed by atoms with Crippen molar-refractivity contribution in [1.29, 1.82) is 0 Å². The van der Waals surface area contributed by atoms with E-state index in [2.05, 4.69) is 14.7 Å². The molecule has 0 atom stereocenters. The van der Waals surface area contributed by atoms with Gasteiger partial charge in [-0.3, -0.25) is 0 Å². The van der Waals surface area contributed by atoms with Crippen molar-refractivity contribution in [2.75, 3.05) is 4.72 Å². The Hall–Kier alpha value is -1.99. The number of aliphatic hydroxyl groups is 1. The first-order valence-corrected chi connectivity index (χ1v) is 6.60. The molecule has 6 nitrogen and oxygen atoms in total. The normalized spacial score (nSPS) is 11.2. The third-order valence-corrected chi connectivity index (χ3v) is 3.55. The predicted molar refractivity (Wildman–Crippen MR) is 65.2 cm³/mol. The maximum Gasteiger partial charge on any atom is 0.264 e. The molecule has 1 aromatic carbocycles. The van der Waals surface area contributed by atoms with Crippen molar-refractivity contribution < 1.29 is 13.5 Å². The molecule has 0 unspecified atom stereocenters. The van der Waals surface area contributed by atoms with Crippen LogP contribution in [0.2, 0.25) is 0 Å². The van der Waals surface area contributed by atoms with Crippen LogP contribution in [0.25, 0.3) is 0 Å². The maximum atomic E-state index is 11.9. The highest BCUT2D eigenvalue weighted by Crippen LogP contribution is 2.13. The first-order valence-electron chi connectivity index (χ1n) is 5.11. The quantitative estimate of drug-likeness (QED) is 0.851. The van der Waals surface area contributed by atoms with E-state index in [4.69, 9.17) is 5.11 Å². The molecule has 0 spiro atoms. The molecule has 0 saturated carbocycles. The lowest BCUT2D eigenvalue weighted by atomic mass is 10.2. The summed E-state index contributed by atoms with van der Waals surface area (Å²) in [5.74, 6) is 0.0173. The summed E-state index contributed by atoms with van der Waals surface area (Å²) in [6.07, 6.45) is 2.89. The molecule has 2 aromatic rings. The van der Waals surface area contributed by atoms with Crippen molar-refractivity contribution in [3.8, 4) is 0 Å². The summed E-state index contributed by atoms with van der Waals surface area (Å²) in [6.45, 7) is -0.129. The van der Waals surface area contributed by atoms with Crippen LogP contribution in [0, 0.1) is 0 Å². The van der Waals surface area contributed by atoms with E-state index in [0.717, 1.165) is 0 Å². The zero-order valence-electron chi connectivity index (χ0n) is 9.31. The van der Waals surface area contributed by atoms with E-state index in [1.165, 1.54) is 24.5 Å². The Bertz CT molecular complexity index is 612. The van der Waals surface area contributed by atoms with Crippen LogP contribution >= 0.6 is 0 Å². The Balaban J connectivity index is 2.25. The SMILES string of the molecule is O=S(=O)(Nc1ncccn1)c1ccc(CO)cc1. The third kappa shape index (κ3) is 2.82. The highest BCUT2D eigenvalue weighted by Gasteiger charge is 2.14. The average molecular weight is 265 g/mol. The average Bonchev–Trinajstić information content (AvgIpc) is 2.39. The lowest BCUT2D eigenvalue weighted by Crippen LogP contribution is -2.14. The van der Waals surface area contributed by atoms with Gasteiger partial charge >= 0.3 is 0 Å². The molecular weight excluding hydrogens is 254 g/mol. The molecule has 94 valence electrons. The smallest absolute Gasteiger partial charge is 0.264 e. The van der Waals surface area contributed by atoms with Crippen LogP contribution in [0.5, 0.6) is 0 Å². The van der Waals surface area contributed by atoms with Crippen molar-refractivity contribution in [1.82, 2.24) is 9.97 Å². The Morgan fingerprint density at radius 2 is 1.72 bits per heavy atom. The second-order valence-electron chi connectivity index (χ2n) is 3.48. The summed E-state index contributed by atoms with van der Waals surface area (Å²) in [7, 11) is -3.69. The molecule has 0 aliphatic carbocycles. The van der Waals surface area contributed by atoms with Gasteiger partial charge in [-0.05, 0) is 23.8 Å². The van der Waals surface area contributed by atoms with Crippen LogP contribution in [-0.4, -0.2) is 23.5 Å². The molecule has 0 fully saturated rings. The molecule has 18 heavy (non-hydrogen) atoms. The van der Waals surface area contributed by atoms with Gasteiger partial charge in [0.05, 0.1) is 11.5 Å². The van der Waals surface area contributed by atoms with Crippen LogP contribution in [-0.2, 0) is 16.6 Å². The number of aromatic nitrogens is 2. The molecule has 0 aliphatic rings. The molecule has 0 aliphatic heterocycles. The second-order valence-corrected chi connectivity index (χ2v) is 5.16. The number of anilines is 1. The molecule has 2 N–H and O–H groups in total. The third-order valence-electron chi connectivity index (χ3n) is 2.21. The first kappa shape index (κ1) is 12.5. The van der Waals surface area contributed by atoms with E-state index in [1.807, 2.05) is 0 Å². The van der Waals surface area contributed by atoms with E-state index in [1.54, 1.807) is 18.2 Å². The van der Waals surface area contributed by atoms with Gasteiger partial charge in [0.15, 0.2) is 0 Å². The minimum absolute atomic E-state index is 0.0173. The summed E-state index contributed by atoms with van der Waals surface area (Å²) < 4.78 is 26.2. The number of aliphatic hydroxyl groups excluding tert-OH is 1. The van der Waals surface area contributed by atoms with E-state index < -0.39 is 10.0 Å². The van der Waals surface area contributed by atoms with Crippen LogP contribution in [0.4, 0.5) is 5.95 Å². The molecule has 0 amide bonds. The van der Waals surface area contributed by atoms with Crippen LogP contribution in [0.1, 0.15) is 5.56 Å². The topological polar surface area (TPSA) is 92.2 Å². The van der Waals surface area contributed by atoms with Crippen molar-refractivity contribution in [2.45, 2.75) is 11.5 Å². The summed E-state index contributed by atoms with van der Waals surface area (Å²) in [4.78, 5) is 7.65. The first-order chi connectivity index (χ1) is 8.62. The van der Waals surface area contributed by atoms with Crippen LogP contribution in [0.15, 0.2) is 47.6 Å². The van der Waals surface area contributed by atoms with Crippen LogP contribution < -0.4 is 4.72 Å².